The van der Waals surface area contributed by atoms with E-state index in [1.165, 1.54) is 24.3 Å². The molecular weight excluding hydrogens is 713 g/mol. The van der Waals surface area contributed by atoms with Gasteiger partial charge in [0.05, 0.1) is 19.3 Å². The van der Waals surface area contributed by atoms with Gasteiger partial charge in [0.1, 0.15) is 6.04 Å². The molecule has 0 saturated heterocycles. The highest BCUT2D eigenvalue weighted by atomic mass is 35.5. The second-order valence-corrected chi connectivity index (χ2v) is 13.0. The van der Waals surface area contributed by atoms with Crippen molar-refractivity contribution < 1.29 is 46.9 Å². The van der Waals surface area contributed by atoms with Crippen molar-refractivity contribution in [2.75, 3.05) is 44.0 Å². The summed E-state index contributed by atoms with van der Waals surface area (Å²) in [6, 6.07) is 11.2. The van der Waals surface area contributed by atoms with Gasteiger partial charge in [0.15, 0.2) is 6.61 Å². The van der Waals surface area contributed by atoms with E-state index in [-0.39, 0.29) is 49.0 Å². The number of aromatic nitrogens is 3. The molecule has 0 spiro atoms. The van der Waals surface area contributed by atoms with Gasteiger partial charge >= 0.3 is 30.0 Å². The second-order valence-electron chi connectivity index (χ2n) is 12.5. The number of anilines is 3. The zero-order valence-electron chi connectivity index (χ0n) is 27.8. The number of carbonyl (C=O) groups is 4. The summed E-state index contributed by atoms with van der Waals surface area (Å²) in [5, 5.41) is 23.3. The molecule has 52 heavy (non-hydrogen) atoms. The molecule has 0 radical (unpaired) electrons. The van der Waals surface area contributed by atoms with Crippen LogP contribution >= 0.6 is 11.6 Å². The van der Waals surface area contributed by atoms with Crippen molar-refractivity contribution in [1.82, 2.24) is 30.9 Å². The Kier molecular flexibility index (Phi) is 11.7. The minimum Gasteiger partial charge on any atom is -0.467 e. The number of methoxy groups -OCH3 is 1. The third-order valence-corrected chi connectivity index (χ3v) is 8.77. The highest BCUT2D eigenvalue weighted by molar-refractivity contribution is 6.35. The first-order chi connectivity index (χ1) is 24.7. The van der Waals surface area contributed by atoms with E-state index in [0.29, 0.717) is 23.6 Å². The fourth-order valence-electron chi connectivity index (χ4n) is 5.07. The Hall–Kier alpha value is -5.23. The highest BCUT2D eigenvalue weighted by Gasteiger charge is 2.45. The van der Waals surface area contributed by atoms with Crippen LogP contribution in [0.5, 0.6) is 6.01 Å². The summed E-state index contributed by atoms with van der Waals surface area (Å²) in [7, 11) is 1.13. The Bertz CT molecular complexity index is 1770. The van der Waals surface area contributed by atoms with E-state index in [4.69, 9.17) is 21.1 Å². The Labute approximate surface area is 300 Å². The molecule has 278 valence electrons. The fraction of sp³-hybridized carbons (Fsp3) is 0.424. The minimum atomic E-state index is -4.64. The van der Waals surface area contributed by atoms with Gasteiger partial charge in [0.25, 0.3) is 5.91 Å². The molecule has 19 heteroatoms. The summed E-state index contributed by atoms with van der Waals surface area (Å²) in [4.78, 5) is 62.0. The molecule has 3 amide bonds. The number of ether oxygens (including phenoxy) is 2. The molecule has 0 bridgehead atoms. The van der Waals surface area contributed by atoms with Gasteiger partial charge in [-0.3, -0.25) is 14.4 Å². The molecule has 3 aromatic rings. The third kappa shape index (κ3) is 10.4. The molecule has 0 unspecified atom stereocenters. The van der Waals surface area contributed by atoms with Gasteiger partial charge in [0.2, 0.25) is 11.9 Å². The number of nitrogens with one attached hydrogen (secondary N) is 5. The van der Waals surface area contributed by atoms with Crippen LogP contribution in [0.4, 0.5) is 30.8 Å². The number of carbonyl (C=O) groups excluding carboxylic acids is 4. The SMILES string of the molecule is COC(=O)[C@@H](CCNC(=O)C(=O)NCC1(CO)CC1)NC(=O)c1ccc(Nc2nc(NC3(c4ccc(Cl)cc4)CC3)nc(OCC(F)(F)F)n2)cc1. The predicted octanol–water partition coefficient (Wildman–Crippen LogP) is 2.98. The van der Waals surface area contributed by atoms with E-state index in [1.807, 2.05) is 12.1 Å². The predicted molar refractivity (Wildman–Crippen MR) is 180 cm³/mol. The summed E-state index contributed by atoms with van der Waals surface area (Å²) < 4.78 is 48.4. The Morgan fingerprint density at radius 1 is 0.923 bits per heavy atom. The lowest BCUT2D eigenvalue weighted by Gasteiger charge is -2.19. The minimum absolute atomic E-state index is 0.0304. The van der Waals surface area contributed by atoms with Crippen molar-refractivity contribution in [3.05, 3.63) is 64.7 Å². The number of alkyl halides is 3. The first kappa shape index (κ1) is 38.0. The molecule has 2 saturated carbocycles. The van der Waals surface area contributed by atoms with Crippen LogP contribution in [0.1, 0.15) is 48.0 Å². The monoisotopic (exact) mass is 748 g/mol. The molecule has 2 aliphatic carbocycles. The number of hydrogen-bond acceptors (Lipinski definition) is 12. The van der Waals surface area contributed by atoms with Crippen molar-refractivity contribution >= 4 is 52.9 Å². The Balaban J connectivity index is 1.20. The normalized spacial score (nSPS) is 15.7. The number of hydrogen-bond donors (Lipinski definition) is 6. The summed E-state index contributed by atoms with van der Waals surface area (Å²) in [6.45, 7) is -1.69. The number of benzene rings is 2. The summed E-state index contributed by atoms with van der Waals surface area (Å²) in [5.74, 6) is -3.42. The van der Waals surface area contributed by atoms with Crippen LogP contribution in [-0.4, -0.2) is 89.4 Å². The molecule has 1 heterocycles. The first-order valence-corrected chi connectivity index (χ1v) is 16.5. The molecule has 15 nitrogen and oxygen atoms in total. The van der Waals surface area contributed by atoms with E-state index in [1.54, 1.807) is 12.1 Å². The van der Waals surface area contributed by atoms with Crippen molar-refractivity contribution in [1.29, 1.82) is 0 Å². The van der Waals surface area contributed by atoms with Crippen molar-refractivity contribution in [2.24, 2.45) is 5.41 Å². The van der Waals surface area contributed by atoms with Crippen LogP contribution in [-0.2, 0) is 24.7 Å². The molecule has 2 aliphatic rings. The standard InChI is InChI=1S/C33H36ClF3N8O7/c1-51-27(50)23(10-15-38-25(48)26(49)39-16-31(17-46)11-12-31)41-24(47)19-2-8-22(9-3-19)40-28-42-29(44-30(43-28)52-18-33(35,36)37)45-32(13-14-32)20-4-6-21(34)7-5-20/h2-9,23,46H,10-18H2,1H3,(H,38,48)(H,39,49)(H,41,47)(H2,40,42,43,44,45)/t23-/m1/s1. The zero-order chi connectivity index (χ0) is 37.5. The van der Waals surface area contributed by atoms with E-state index in [9.17, 15) is 37.5 Å². The van der Waals surface area contributed by atoms with Gasteiger partial charge in [-0.1, -0.05) is 23.7 Å². The van der Waals surface area contributed by atoms with Gasteiger partial charge in [0, 0.05) is 34.8 Å². The van der Waals surface area contributed by atoms with Crippen LogP contribution < -0.4 is 31.3 Å². The molecular formula is C33H36ClF3N8O7. The third-order valence-electron chi connectivity index (χ3n) is 8.51. The van der Waals surface area contributed by atoms with Crippen LogP contribution in [0.15, 0.2) is 48.5 Å². The summed E-state index contributed by atoms with van der Waals surface area (Å²) in [6.07, 6.45) is -1.81. The zero-order valence-corrected chi connectivity index (χ0v) is 28.6. The second kappa shape index (κ2) is 16.0. The van der Waals surface area contributed by atoms with E-state index < -0.39 is 54.1 Å². The first-order valence-electron chi connectivity index (χ1n) is 16.1. The molecule has 6 N–H and O–H groups in total. The molecule has 2 aromatic carbocycles. The lowest BCUT2D eigenvalue weighted by Crippen LogP contribution is -2.46. The van der Waals surface area contributed by atoms with Gasteiger partial charge in [-0.25, -0.2) is 4.79 Å². The Morgan fingerprint density at radius 2 is 1.58 bits per heavy atom. The van der Waals surface area contributed by atoms with E-state index in [2.05, 4.69) is 41.5 Å². The van der Waals surface area contributed by atoms with Crippen molar-refractivity contribution in [2.45, 2.75) is 49.9 Å². The maximum absolute atomic E-state index is 13.0. The lowest BCUT2D eigenvalue weighted by atomic mass is 10.1. The average Bonchev–Trinajstić information content (AvgIpc) is 4.06. The fourth-order valence-corrected chi connectivity index (χ4v) is 5.19. The van der Waals surface area contributed by atoms with Crippen molar-refractivity contribution in [3.63, 3.8) is 0 Å². The number of rotatable bonds is 16. The topological polar surface area (TPSA) is 206 Å². The van der Waals surface area contributed by atoms with Crippen LogP contribution in [0.2, 0.25) is 5.02 Å². The molecule has 1 aromatic heterocycles. The van der Waals surface area contributed by atoms with Crippen LogP contribution in [0, 0.1) is 5.41 Å². The number of nitrogens with zero attached hydrogens (tertiary/aromatic N) is 3. The quantitative estimate of drug-likeness (QED) is 0.0924. The largest absolute Gasteiger partial charge is 0.467 e. The number of amides is 3. The molecule has 2 fully saturated rings. The van der Waals surface area contributed by atoms with Gasteiger partial charge in [-0.15, -0.1) is 0 Å². The molecule has 1 atom stereocenters. The maximum Gasteiger partial charge on any atom is 0.422 e. The lowest BCUT2D eigenvalue weighted by molar-refractivity contribution is -0.154. The summed E-state index contributed by atoms with van der Waals surface area (Å²) >= 11 is 6.02. The van der Waals surface area contributed by atoms with Crippen LogP contribution in [0.25, 0.3) is 0 Å². The van der Waals surface area contributed by atoms with Crippen LogP contribution in [0.3, 0.4) is 0 Å². The smallest absolute Gasteiger partial charge is 0.422 e. The average molecular weight is 749 g/mol. The highest BCUT2D eigenvalue weighted by Crippen LogP contribution is 2.48. The van der Waals surface area contributed by atoms with Crippen molar-refractivity contribution in [3.8, 4) is 6.01 Å². The summed E-state index contributed by atoms with van der Waals surface area (Å²) in [5.41, 5.74) is 0.441. The molecule has 0 aliphatic heterocycles. The van der Waals surface area contributed by atoms with Gasteiger partial charge in [-0.05, 0) is 74.1 Å². The Morgan fingerprint density at radius 3 is 2.17 bits per heavy atom. The number of halogens is 4. The number of aliphatic hydroxyl groups is 1. The molecule has 5 rings (SSSR count). The maximum atomic E-state index is 13.0. The van der Waals surface area contributed by atoms with Gasteiger partial charge < -0.3 is 41.2 Å². The number of esters is 1. The van der Waals surface area contributed by atoms with E-state index >= 15 is 0 Å². The van der Waals surface area contributed by atoms with E-state index in [0.717, 1.165) is 25.5 Å². The van der Waals surface area contributed by atoms with Gasteiger partial charge in [-0.2, -0.15) is 28.1 Å². The number of aliphatic hydroxyl groups excluding tert-OH is 1.